The Hall–Kier alpha value is -2.91. The molecule has 0 aliphatic heterocycles. The number of carbonyl (C=O) groups excluding carboxylic acids is 1. The molecule has 0 aliphatic carbocycles. The van der Waals surface area contributed by atoms with Gasteiger partial charge in [-0.05, 0) is 36.4 Å². The van der Waals surface area contributed by atoms with Crippen LogP contribution in [0.15, 0.2) is 36.4 Å². The maximum atomic E-state index is 13.0. The van der Waals surface area contributed by atoms with Gasteiger partial charge in [-0.2, -0.15) is 26.3 Å². The van der Waals surface area contributed by atoms with Crippen molar-refractivity contribution in [2.24, 2.45) is 0 Å². The molecule has 0 saturated carbocycles. The van der Waals surface area contributed by atoms with Crippen LogP contribution in [0.1, 0.15) is 27.0 Å². The molecule has 0 aliphatic rings. The molecule has 0 fully saturated rings. The first-order valence-corrected chi connectivity index (χ1v) is 6.97. The molecular formula is C16H11F6NO3. The van der Waals surface area contributed by atoms with E-state index in [4.69, 9.17) is 0 Å². The standard InChI is InChI=1S/C16H11F6NO3/c17-15(18,19)9-1-3-12(16(20,21)22)11(6-9)14(26)23-7-8-5-10(24)2-4-13(8)25/h1-6,24-25H,7H2,(H,23,26). The van der Waals surface area contributed by atoms with Crippen molar-refractivity contribution in [3.05, 3.63) is 58.7 Å². The van der Waals surface area contributed by atoms with Crippen molar-refractivity contribution in [2.75, 3.05) is 0 Å². The van der Waals surface area contributed by atoms with Gasteiger partial charge in [0.05, 0.1) is 16.7 Å². The van der Waals surface area contributed by atoms with Crippen molar-refractivity contribution in [1.29, 1.82) is 0 Å². The summed E-state index contributed by atoms with van der Waals surface area (Å²) in [6, 6.07) is 3.80. The topological polar surface area (TPSA) is 69.6 Å². The Morgan fingerprint density at radius 1 is 0.923 bits per heavy atom. The van der Waals surface area contributed by atoms with Crippen LogP contribution in [-0.4, -0.2) is 16.1 Å². The second-order valence-corrected chi connectivity index (χ2v) is 5.25. The van der Waals surface area contributed by atoms with Crippen LogP contribution >= 0.6 is 0 Å². The molecule has 0 heterocycles. The van der Waals surface area contributed by atoms with Crippen LogP contribution in [-0.2, 0) is 18.9 Å². The Morgan fingerprint density at radius 2 is 1.58 bits per heavy atom. The lowest BCUT2D eigenvalue weighted by Crippen LogP contribution is -2.26. The van der Waals surface area contributed by atoms with Crippen LogP contribution in [0, 0.1) is 0 Å². The minimum Gasteiger partial charge on any atom is -0.508 e. The SMILES string of the molecule is O=C(NCc1cc(O)ccc1O)c1cc(C(F)(F)F)ccc1C(F)(F)F. The summed E-state index contributed by atoms with van der Waals surface area (Å²) in [4.78, 5) is 12.0. The van der Waals surface area contributed by atoms with E-state index in [1.165, 1.54) is 0 Å². The molecule has 0 bridgehead atoms. The van der Waals surface area contributed by atoms with E-state index < -0.39 is 41.5 Å². The van der Waals surface area contributed by atoms with Gasteiger partial charge in [0.25, 0.3) is 5.91 Å². The van der Waals surface area contributed by atoms with E-state index in [0.717, 1.165) is 18.2 Å². The maximum absolute atomic E-state index is 13.0. The summed E-state index contributed by atoms with van der Waals surface area (Å²) in [7, 11) is 0. The van der Waals surface area contributed by atoms with Crippen LogP contribution in [0.5, 0.6) is 11.5 Å². The third-order valence-electron chi connectivity index (χ3n) is 3.40. The first kappa shape index (κ1) is 19.4. The number of phenols is 2. The lowest BCUT2D eigenvalue weighted by molar-refractivity contribution is -0.141. The normalized spacial score (nSPS) is 12.1. The van der Waals surface area contributed by atoms with E-state index in [0.29, 0.717) is 0 Å². The molecule has 2 aromatic rings. The predicted octanol–water partition coefficient (Wildman–Crippen LogP) is 4.07. The van der Waals surface area contributed by atoms with E-state index in [2.05, 4.69) is 0 Å². The highest BCUT2D eigenvalue weighted by atomic mass is 19.4. The van der Waals surface area contributed by atoms with Gasteiger partial charge < -0.3 is 15.5 Å². The van der Waals surface area contributed by atoms with E-state index >= 15 is 0 Å². The van der Waals surface area contributed by atoms with Gasteiger partial charge in [-0.25, -0.2) is 0 Å². The van der Waals surface area contributed by atoms with Gasteiger partial charge in [-0.1, -0.05) is 0 Å². The molecule has 2 aromatic carbocycles. The van der Waals surface area contributed by atoms with Crippen molar-refractivity contribution < 1.29 is 41.4 Å². The molecule has 140 valence electrons. The fourth-order valence-corrected chi connectivity index (χ4v) is 2.14. The maximum Gasteiger partial charge on any atom is 0.417 e. The third kappa shape index (κ3) is 4.38. The second kappa shape index (κ2) is 6.77. The number of aromatic hydroxyl groups is 2. The fourth-order valence-electron chi connectivity index (χ4n) is 2.14. The average molecular weight is 379 g/mol. The predicted molar refractivity (Wildman–Crippen MR) is 77.4 cm³/mol. The minimum atomic E-state index is -5.04. The van der Waals surface area contributed by atoms with Gasteiger partial charge in [0.2, 0.25) is 0 Å². The lowest BCUT2D eigenvalue weighted by Gasteiger charge is -2.16. The number of carbonyl (C=O) groups is 1. The Kier molecular flexibility index (Phi) is 5.06. The molecule has 0 spiro atoms. The number of hydrogen-bond donors (Lipinski definition) is 3. The van der Waals surface area contributed by atoms with Crippen LogP contribution in [0.4, 0.5) is 26.3 Å². The molecule has 10 heteroatoms. The van der Waals surface area contributed by atoms with Gasteiger partial charge in [0.15, 0.2) is 0 Å². The molecule has 3 N–H and O–H groups in total. The number of amides is 1. The molecule has 0 aromatic heterocycles. The summed E-state index contributed by atoms with van der Waals surface area (Å²) in [5, 5.41) is 20.9. The summed E-state index contributed by atoms with van der Waals surface area (Å²) in [5.74, 6) is -2.04. The Morgan fingerprint density at radius 3 is 2.15 bits per heavy atom. The molecule has 2 rings (SSSR count). The molecule has 0 atom stereocenters. The van der Waals surface area contributed by atoms with E-state index in [-0.39, 0.29) is 35.3 Å². The van der Waals surface area contributed by atoms with Gasteiger partial charge in [0.1, 0.15) is 11.5 Å². The largest absolute Gasteiger partial charge is 0.508 e. The number of benzene rings is 2. The number of nitrogens with one attached hydrogen (secondary N) is 1. The van der Waals surface area contributed by atoms with Crippen molar-refractivity contribution in [1.82, 2.24) is 5.32 Å². The molecule has 1 amide bonds. The molecular weight excluding hydrogens is 368 g/mol. The molecule has 4 nitrogen and oxygen atoms in total. The van der Waals surface area contributed by atoms with Crippen LogP contribution in [0.2, 0.25) is 0 Å². The summed E-state index contributed by atoms with van der Waals surface area (Å²) in [6.07, 6.45) is -9.97. The van der Waals surface area contributed by atoms with Gasteiger partial charge in [0, 0.05) is 12.1 Å². The van der Waals surface area contributed by atoms with Crippen molar-refractivity contribution in [3.63, 3.8) is 0 Å². The Labute approximate surface area is 142 Å². The van der Waals surface area contributed by atoms with Gasteiger partial charge >= 0.3 is 12.4 Å². The molecule has 26 heavy (non-hydrogen) atoms. The fraction of sp³-hybridized carbons (Fsp3) is 0.188. The van der Waals surface area contributed by atoms with Crippen LogP contribution < -0.4 is 5.32 Å². The third-order valence-corrected chi connectivity index (χ3v) is 3.40. The summed E-state index contributed by atoms with van der Waals surface area (Å²) in [5.41, 5.74) is -4.16. The first-order valence-electron chi connectivity index (χ1n) is 6.97. The van der Waals surface area contributed by atoms with Crippen LogP contribution in [0.25, 0.3) is 0 Å². The number of rotatable bonds is 3. The highest BCUT2D eigenvalue weighted by Crippen LogP contribution is 2.36. The van der Waals surface area contributed by atoms with Gasteiger partial charge in [-0.3, -0.25) is 4.79 Å². The van der Waals surface area contributed by atoms with Gasteiger partial charge in [-0.15, -0.1) is 0 Å². The molecule has 0 saturated heterocycles. The average Bonchev–Trinajstić information content (AvgIpc) is 2.53. The van der Waals surface area contributed by atoms with E-state index in [1.807, 2.05) is 5.32 Å². The quantitative estimate of drug-likeness (QED) is 0.556. The van der Waals surface area contributed by atoms with Crippen molar-refractivity contribution in [3.8, 4) is 11.5 Å². The molecule has 0 unspecified atom stereocenters. The van der Waals surface area contributed by atoms with Crippen molar-refractivity contribution >= 4 is 5.91 Å². The molecule has 0 radical (unpaired) electrons. The zero-order valence-corrected chi connectivity index (χ0v) is 12.7. The Balaban J connectivity index is 2.35. The minimum absolute atomic E-state index is 0.0288. The number of hydrogen-bond acceptors (Lipinski definition) is 3. The first-order chi connectivity index (χ1) is 11.9. The monoisotopic (exact) mass is 379 g/mol. The lowest BCUT2D eigenvalue weighted by atomic mass is 10.0. The number of phenolic OH excluding ortho intramolecular Hbond substituents is 2. The zero-order valence-electron chi connectivity index (χ0n) is 12.7. The number of alkyl halides is 6. The smallest absolute Gasteiger partial charge is 0.417 e. The highest BCUT2D eigenvalue weighted by molar-refractivity contribution is 5.96. The Bertz CT molecular complexity index is 830. The van der Waals surface area contributed by atoms with Crippen molar-refractivity contribution in [2.45, 2.75) is 18.9 Å². The van der Waals surface area contributed by atoms with Crippen LogP contribution in [0.3, 0.4) is 0 Å². The summed E-state index contributed by atoms with van der Waals surface area (Å²) in [6.45, 7) is -0.507. The summed E-state index contributed by atoms with van der Waals surface area (Å²) >= 11 is 0. The second-order valence-electron chi connectivity index (χ2n) is 5.25. The highest BCUT2D eigenvalue weighted by Gasteiger charge is 2.38. The van der Waals surface area contributed by atoms with E-state index in [9.17, 15) is 41.4 Å². The number of halogens is 6. The zero-order chi connectivity index (χ0) is 19.7. The summed E-state index contributed by atoms with van der Waals surface area (Å²) < 4.78 is 77.2. The van der Waals surface area contributed by atoms with E-state index in [1.54, 1.807) is 0 Å².